The van der Waals surface area contributed by atoms with E-state index in [2.05, 4.69) is 15.0 Å². The number of nitrogens with zero attached hydrogens (tertiary/aromatic N) is 5. The number of amides is 1. The molecule has 0 bridgehead atoms. The Balaban J connectivity index is 1.21. The van der Waals surface area contributed by atoms with Gasteiger partial charge in [-0.2, -0.15) is 4.98 Å². The summed E-state index contributed by atoms with van der Waals surface area (Å²) in [5.41, 5.74) is 0. The zero-order valence-corrected chi connectivity index (χ0v) is 16.3. The largest absolute Gasteiger partial charge is 0.433 e. The minimum absolute atomic E-state index is 0.00286. The molecule has 29 heavy (non-hydrogen) atoms. The van der Waals surface area contributed by atoms with Gasteiger partial charge in [-0.25, -0.2) is 0 Å². The van der Waals surface area contributed by atoms with Crippen LogP contribution in [0.1, 0.15) is 22.9 Å². The molecule has 4 heterocycles. The molecule has 1 aliphatic heterocycles. The molecule has 1 saturated heterocycles. The van der Waals surface area contributed by atoms with Gasteiger partial charge < -0.3 is 13.8 Å². The molecule has 0 atom stereocenters. The van der Waals surface area contributed by atoms with Crippen LogP contribution in [0.15, 0.2) is 38.6 Å². The molecule has 11 heteroatoms. The zero-order chi connectivity index (χ0) is 20.2. The van der Waals surface area contributed by atoms with E-state index < -0.39 is 10.8 Å². The van der Waals surface area contributed by atoms with E-state index in [1.54, 1.807) is 16.2 Å². The summed E-state index contributed by atoms with van der Waals surface area (Å²) >= 11 is 1.57. The monoisotopic (exact) mass is 417 g/mol. The van der Waals surface area contributed by atoms with Crippen LogP contribution in [0.2, 0.25) is 0 Å². The molecule has 0 radical (unpaired) electrons. The molecule has 10 nitrogen and oxygen atoms in total. The molecule has 0 aliphatic carbocycles. The standard InChI is InChI=1S/C18H19N5O5S/c24-18(13-5-6-16(27-13)23(25)26)22-10-8-21(9-11-22)7-1-4-15-19-17(20-28-15)14-3-2-12-29-14/h2-3,5-6,12H,1,4,7-11H2. The molecule has 1 fully saturated rings. The maximum absolute atomic E-state index is 12.4. The van der Waals surface area contributed by atoms with Crippen LogP contribution in [0.5, 0.6) is 0 Å². The Morgan fingerprint density at radius 2 is 2.07 bits per heavy atom. The van der Waals surface area contributed by atoms with Gasteiger partial charge in [0.15, 0.2) is 5.76 Å². The topological polar surface area (TPSA) is 119 Å². The summed E-state index contributed by atoms with van der Waals surface area (Å²) in [6.45, 7) is 3.44. The quantitative estimate of drug-likeness (QED) is 0.425. The number of hydrogen-bond acceptors (Lipinski definition) is 9. The maximum Gasteiger partial charge on any atom is 0.433 e. The molecule has 1 amide bonds. The lowest BCUT2D eigenvalue weighted by molar-refractivity contribution is -0.402. The van der Waals surface area contributed by atoms with E-state index in [4.69, 9.17) is 8.94 Å². The van der Waals surface area contributed by atoms with E-state index >= 15 is 0 Å². The van der Waals surface area contributed by atoms with Crippen molar-refractivity contribution in [1.82, 2.24) is 19.9 Å². The maximum atomic E-state index is 12.4. The number of piperazine rings is 1. The first-order valence-corrected chi connectivity index (χ1v) is 10.1. The van der Waals surface area contributed by atoms with Gasteiger partial charge in [-0.1, -0.05) is 11.2 Å². The molecule has 0 N–H and O–H groups in total. The average Bonchev–Trinajstić information content (AvgIpc) is 3.48. The second kappa shape index (κ2) is 8.53. The van der Waals surface area contributed by atoms with Crippen molar-refractivity contribution in [3.8, 4) is 10.7 Å². The van der Waals surface area contributed by atoms with E-state index in [9.17, 15) is 14.9 Å². The SMILES string of the molecule is O=C(c1ccc([N+](=O)[O-])o1)N1CCN(CCCc2nc(-c3cccs3)no2)CC1. The summed E-state index contributed by atoms with van der Waals surface area (Å²) in [6.07, 6.45) is 1.58. The Kier molecular flexibility index (Phi) is 5.67. The highest BCUT2D eigenvalue weighted by atomic mass is 32.1. The van der Waals surface area contributed by atoms with Crippen LogP contribution in [0.3, 0.4) is 0 Å². The molecule has 1 aliphatic rings. The highest BCUT2D eigenvalue weighted by Gasteiger charge is 2.26. The Morgan fingerprint density at radius 3 is 2.76 bits per heavy atom. The lowest BCUT2D eigenvalue weighted by Crippen LogP contribution is -2.48. The van der Waals surface area contributed by atoms with E-state index in [1.165, 1.54) is 12.1 Å². The van der Waals surface area contributed by atoms with Gasteiger partial charge in [0.05, 0.1) is 10.9 Å². The van der Waals surface area contributed by atoms with Crippen molar-refractivity contribution in [3.05, 3.63) is 51.4 Å². The predicted octanol–water partition coefficient (Wildman–Crippen LogP) is 2.69. The van der Waals surface area contributed by atoms with Crippen molar-refractivity contribution in [2.75, 3.05) is 32.7 Å². The molecule has 152 valence electrons. The Labute approximate surface area is 169 Å². The molecule has 3 aromatic heterocycles. The van der Waals surface area contributed by atoms with Crippen molar-refractivity contribution in [1.29, 1.82) is 0 Å². The first-order valence-electron chi connectivity index (χ1n) is 9.22. The number of carbonyl (C=O) groups is 1. The molecule has 0 aromatic carbocycles. The summed E-state index contributed by atoms with van der Waals surface area (Å²) in [7, 11) is 0. The fourth-order valence-electron chi connectivity index (χ4n) is 3.19. The van der Waals surface area contributed by atoms with Gasteiger partial charge >= 0.3 is 5.88 Å². The van der Waals surface area contributed by atoms with Crippen molar-refractivity contribution in [3.63, 3.8) is 0 Å². The fraction of sp³-hybridized carbons (Fsp3) is 0.389. The summed E-state index contributed by atoms with van der Waals surface area (Å²) in [5.74, 6) is 0.518. The minimum Gasteiger partial charge on any atom is -0.395 e. The van der Waals surface area contributed by atoms with Crippen LogP contribution in [0.25, 0.3) is 10.7 Å². The van der Waals surface area contributed by atoms with Crippen molar-refractivity contribution < 1.29 is 18.7 Å². The zero-order valence-electron chi connectivity index (χ0n) is 15.5. The van der Waals surface area contributed by atoms with Crippen LogP contribution in [-0.4, -0.2) is 63.5 Å². The lowest BCUT2D eigenvalue weighted by Gasteiger charge is -2.34. The summed E-state index contributed by atoms with van der Waals surface area (Å²) in [6, 6.07) is 6.46. The Hall–Kier alpha value is -3.05. The number of aryl methyl sites for hydroxylation is 1. The lowest BCUT2D eigenvalue weighted by atomic mass is 10.2. The van der Waals surface area contributed by atoms with Crippen LogP contribution in [0.4, 0.5) is 5.88 Å². The van der Waals surface area contributed by atoms with Gasteiger partial charge in [0.1, 0.15) is 4.92 Å². The molecule has 0 saturated carbocycles. The third kappa shape index (κ3) is 4.51. The average molecular weight is 417 g/mol. The first kappa shape index (κ1) is 19.3. The molecule has 4 rings (SSSR count). The normalized spacial score (nSPS) is 15.0. The number of carbonyl (C=O) groups excluding carboxylic acids is 1. The van der Waals surface area contributed by atoms with Gasteiger partial charge in [-0.05, 0) is 30.5 Å². The molecule has 0 spiro atoms. The predicted molar refractivity (Wildman–Crippen MR) is 104 cm³/mol. The molecular formula is C18H19N5O5S. The minimum atomic E-state index is -0.651. The molecule has 3 aromatic rings. The smallest absolute Gasteiger partial charge is 0.395 e. The van der Waals surface area contributed by atoms with Crippen LogP contribution in [-0.2, 0) is 6.42 Å². The van der Waals surface area contributed by atoms with Crippen LogP contribution >= 0.6 is 11.3 Å². The second-order valence-electron chi connectivity index (χ2n) is 6.62. The van der Waals surface area contributed by atoms with Gasteiger partial charge in [-0.15, -0.1) is 11.3 Å². The van der Waals surface area contributed by atoms with E-state index in [0.717, 1.165) is 30.9 Å². The fourth-order valence-corrected chi connectivity index (χ4v) is 3.84. The van der Waals surface area contributed by atoms with E-state index in [-0.39, 0.29) is 11.7 Å². The molecular weight excluding hydrogens is 398 g/mol. The van der Waals surface area contributed by atoms with Gasteiger partial charge in [0, 0.05) is 32.6 Å². The summed E-state index contributed by atoms with van der Waals surface area (Å²) in [5, 5.41) is 16.7. The summed E-state index contributed by atoms with van der Waals surface area (Å²) < 4.78 is 10.3. The number of aromatic nitrogens is 2. The van der Waals surface area contributed by atoms with Crippen LogP contribution < -0.4 is 0 Å². The third-order valence-electron chi connectivity index (χ3n) is 4.72. The Bertz CT molecular complexity index is 975. The third-order valence-corrected chi connectivity index (χ3v) is 5.58. The van der Waals surface area contributed by atoms with E-state index in [0.29, 0.717) is 31.2 Å². The van der Waals surface area contributed by atoms with Crippen molar-refractivity contribution in [2.24, 2.45) is 0 Å². The Morgan fingerprint density at radius 1 is 1.24 bits per heavy atom. The number of hydrogen-bond donors (Lipinski definition) is 0. The first-order chi connectivity index (χ1) is 14.1. The van der Waals surface area contributed by atoms with E-state index in [1.807, 2.05) is 17.5 Å². The van der Waals surface area contributed by atoms with Gasteiger partial charge in [-0.3, -0.25) is 19.8 Å². The van der Waals surface area contributed by atoms with Gasteiger partial charge in [0.25, 0.3) is 5.91 Å². The van der Waals surface area contributed by atoms with Crippen LogP contribution in [0, 0.1) is 10.1 Å². The second-order valence-corrected chi connectivity index (χ2v) is 7.57. The summed E-state index contributed by atoms with van der Waals surface area (Å²) in [4.78, 5) is 31.8. The highest BCUT2D eigenvalue weighted by molar-refractivity contribution is 7.13. The highest BCUT2D eigenvalue weighted by Crippen LogP contribution is 2.22. The molecule has 0 unspecified atom stereocenters. The van der Waals surface area contributed by atoms with Crippen molar-refractivity contribution >= 4 is 23.1 Å². The van der Waals surface area contributed by atoms with Gasteiger partial charge in [0.2, 0.25) is 11.7 Å². The number of thiophene rings is 1. The number of furan rings is 1. The number of nitro groups is 1. The van der Waals surface area contributed by atoms with Crippen molar-refractivity contribution in [2.45, 2.75) is 12.8 Å². The number of rotatable bonds is 7.